The third-order valence-electron chi connectivity index (χ3n) is 2.98. The number of carboxylic acids is 1. The molecule has 0 aliphatic carbocycles. The lowest BCUT2D eigenvalue weighted by Gasteiger charge is -2.20. The van der Waals surface area contributed by atoms with Gasteiger partial charge in [-0.15, -0.1) is 11.3 Å². The minimum atomic E-state index is -1.04. The van der Waals surface area contributed by atoms with Crippen molar-refractivity contribution in [2.24, 2.45) is 0 Å². The van der Waals surface area contributed by atoms with Gasteiger partial charge in [0, 0.05) is 12.6 Å². The number of thiophene rings is 1. The van der Waals surface area contributed by atoms with E-state index in [9.17, 15) is 9.59 Å². The number of nitrogens with zero attached hydrogens (tertiary/aromatic N) is 1. The first-order chi connectivity index (χ1) is 9.41. The molecule has 2 amide bonds. The van der Waals surface area contributed by atoms with Crippen LogP contribution < -0.4 is 10.6 Å². The van der Waals surface area contributed by atoms with Gasteiger partial charge in [0.1, 0.15) is 5.00 Å². The van der Waals surface area contributed by atoms with Crippen LogP contribution in [0.25, 0.3) is 0 Å². The monoisotopic (exact) mass is 299 g/mol. The minimum absolute atomic E-state index is 0.115. The fraction of sp³-hybridized carbons (Fsp3) is 0.538. The van der Waals surface area contributed by atoms with Crippen LogP contribution in [0.1, 0.15) is 30.6 Å². The maximum Gasteiger partial charge on any atom is 0.338 e. The molecule has 112 valence electrons. The van der Waals surface area contributed by atoms with E-state index in [0.717, 1.165) is 13.0 Å². The highest BCUT2D eigenvalue weighted by Gasteiger charge is 2.13. The van der Waals surface area contributed by atoms with Crippen LogP contribution in [-0.2, 0) is 0 Å². The Morgan fingerprint density at radius 3 is 2.75 bits per heavy atom. The Morgan fingerprint density at radius 2 is 2.15 bits per heavy atom. The van der Waals surface area contributed by atoms with E-state index in [2.05, 4.69) is 29.4 Å². The Labute approximate surface area is 122 Å². The molecule has 3 N–H and O–H groups in total. The van der Waals surface area contributed by atoms with E-state index in [-0.39, 0.29) is 11.6 Å². The predicted molar refractivity (Wildman–Crippen MR) is 80.7 cm³/mol. The second-order valence-electron chi connectivity index (χ2n) is 4.78. The second kappa shape index (κ2) is 7.86. The lowest BCUT2D eigenvalue weighted by Crippen LogP contribution is -2.33. The fourth-order valence-corrected chi connectivity index (χ4v) is 2.28. The van der Waals surface area contributed by atoms with E-state index >= 15 is 0 Å². The number of hydrogen-bond donors (Lipinski definition) is 3. The van der Waals surface area contributed by atoms with Crippen molar-refractivity contribution in [3.63, 3.8) is 0 Å². The largest absolute Gasteiger partial charge is 0.478 e. The molecular formula is C13H21N3O3S. The summed E-state index contributed by atoms with van der Waals surface area (Å²) < 4.78 is 0. The van der Waals surface area contributed by atoms with E-state index in [0.29, 0.717) is 17.6 Å². The topological polar surface area (TPSA) is 81.7 Å². The Kier molecular flexibility index (Phi) is 6.47. The quantitative estimate of drug-likeness (QED) is 0.675. The number of aromatic carboxylic acids is 1. The van der Waals surface area contributed by atoms with Crippen LogP contribution in [0.15, 0.2) is 11.4 Å². The van der Waals surface area contributed by atoms with Gasteiger partial charge in [0.15, 0.2) is 0 Å². The SMILES string of the molecule is CC(C)N(C)CCCNC(=O)Nc1sccc1C(=O)O. The molecule has 0 bridgehead atoms. The fourth-order valence-electron chi connectivity index (χ4n) is 1.51. The number of hydrogen-bond acceptors (Lipinski definition) is 4. The van der Waals surface area contributed by atoms with Crippen molar-refractivity contribution in [2.75, 3.05) is 25.5 Å². The van der Waals surface area contributed by atoms with Gasteiger partial charge in [0.2, 0.25) is 0 Å². The summed E-state index contributed by atoms with van der Waals surface area (Å²) in [6, 6.07) is 1.58. The first-order valence-corrected chi connectivity index (χ1v) is 7.35. The number of anilines is 1. The van der Waals surface area contributed by atoms with Crippen molar-refractivity contribution in [3.8, 4) is 0 Å². The van der Waals surface area contributed by atoms with E-state index in [1.807, 2.05) is 7.05 Å². The third kappa shape index (κ3) is 5.18. The summed E-state index contributed by atoms with van der Waals surface area (Å²) in [7, 11) is 2.04. The second-order valence-corrected chi connectivity index (χ2v) is 5.69. The van der Waals surface area contributed by atoms with Crippen LogP contribution >= 0.6 is 11.3 Å². The zero-order valence-electron chi connectivity index (χ0n) is 12.0. The van der Waals surface area contributed by atoms with Crippen LogP contribution in [0.2, 0.25) is 0 Å². The van der Waals surface area contributed by atoms with E-state index < -0.39 is 5.97 Å². The highest BCUT2D eigenvalue weighted by molar-refractivity contribution is 7.14. The molecule has 0 unspecified atom stereocenters. The molecule has 0 spiro atoms. The highest BCUT2D eigenvalue weighted by Crippen LogP contribution is 2.22. The molecule has 1 heterocycles. The first-order valence-electron chi connectivity index (χ1n) is 6.47. The number of carbonyl (C=O) groups excluding carboxylic acids is 1. The van der Waals surface area contributed by atoms with Crippen LogP contribution in [0, 0.1) is 0 Å². The van der Waals surface area contributed by atoms with Crippen molar-refractivity contribution in [3.05, 3.63) is 17.0 Å². The van der Waals surface area contributed by atoms with Crippen molar-refractivity contribution in [1.82, 2.24) is 10.2 Å². The number of nitrogens with one attached hydrogen (secondary N) is 2. The Balaban J connectivity index is 2.30. The standard InChI is InChI=1S/C13H21N3O3S/c1-9(2)16(3)7-4-6-14-13(19)15-11-10(12(17)18)5-8-20-11/h5,8-9H,4,6-7H2,1-3H3,(H,17,18)(H2,14,15,19). The first kappa shape index (κ1) is 16.5. The lowest BCUT2D eigenvalue weighted by molar-refractivity contribution is 0.0698. The molecule has 0 saturated carbocycles. The average Bonchev–Trinajstić information content (AvgIpc) is 2.82. The van der Waals surface area contributed by atoms with E-state index in [1.54, 1.807) is 5.38 Å². The molecule has 0 radical (unpaired) electrons. The Morgan fingerprint density at radius 1 is 1.45 bits per heavy atom. The van der Waals surface area contributed by atoms with Gasteiger partial charge in [0.05, 0.1) is 5.56 Å². The van der Waals surface area contributed by atoms with E-state index in [4.69, 9.17) is 5.11 Å². The molecule has 0 aromatic carbocycles. The smallest absolute Gasteiger partial charge is 0.338 e. The summed E-state index contributed by atoms with van der Waals surface area (Å²) >= 11 is 1.19. The van der Waals surface area contributed by atoms with Crippen LogP contribution in [0.3, 0.4) is 0 Å². The maximum absolute atomic E-state index is 11.6. The summed E-state index contributed by atoms with van der Waals surface area (Å²) in [6.45, 7) is 5.68. The van der Waals surface area contributed by atoms with Gasteiger partial charge in [-0.3, -0.25) is 5.32 Å². The summed E-state index contributed by atoms with van der Waals surface area (Å²) in [4.78, 5) is 24.7. The zero-order chi connectivity index (χ0) is 15.1. The van der Waals surface area contributed by atoms with Gasteiger partial charge >= 0.3 is 12.0 Å². The van der Waals surface area contributed by atoms with Gasteiger partial charge in [-0.25, -0.2) is 9.59 Å². The molecular weight excluding hydrogens is 278 g/mol. The number of carbonyl (C=O) groups is 2. The van der Waals surface area contributed by atoms with Gasteiger partial charge in [0.25, 0.3) is 0 Å². The zero-order valence-corrected chi connectivity index (χ0v) is 12.8. The summed E-state index contributed by atoms with van der Waals surface area (Å²) in [5.74, 6) is -1.04. The van der Waals surface area contributed by atoms with Crippen LogP contribution in [0.4, 0.5) is 9.80 Å². The van der Waals surface area contributed by atoms with Gasteiger partial charge < -0.3 is 15.3 Å². The van der Waals surface area contributed by atoms with Crippen LogP contribution in [0.5, 0.6) is 0 Å². The predicted octanol–water partition coefficient (Wildman–Crippen LogP) is 2.30. The molecule has 0 atom stereocenters. The molecule has 6 nitrogen and oxygen atoms in total. The normalized spacial score (nSPS) is 10.8. The number of carboxylic acid groups (broad SMARTS) is 1. The van der Waals surface area contributed by atoms with Crippen molar-refractivity contribution < 1.29 is 14.7 Å². The van der Waals surface area contributed by atoms with Gasteiger partial charge in [-0.2, -0.15) is 0 Å². The molecule has 20 heavy (non-hydrogen) atoms. The summed E-state index contributed by atoms with van der Waals surface area (Å²) in [5, 5.41) is 16.2. The average molecular weight is 299 g/mol. The van der Waals surface area contributed by atoms with Crippen molar-refractivity contribution in [2.45, 2.75) is 26.3 Å². The minimum Gasteiger partial charge on any atom is -0.478 e. The van der Waals surface area contributed by atoms with Crippen molar-refractivity contribution >= 4 is 28.3 Å². The number of rotatable bonds is 7. The third-order valence-corrected chi connectivity index (χ3v) is 3.81. The summed E-state index contributed by atoms with van der Waals surface area (Å²) in [6.07, 6.45) is 0.846. The highest BCUT2D eigenvalue weighted by atomic mass is 32.1. The van der Waals surface area contributed by atoms with E-state index in [1.165, 1.54) is 17.4 Å². The molecule has 1 aromatic heterocycles. The maximum atomic E-state index is 11.6. The van der Waals surface area contributed by atoms with Gasteiger partial charge in [-0.05, 0) is 45.3 Å². The molecule has 1 aromatic rings. The Hall–Kier alpha value is -1.60. The molecule has 0 saturated heterocycles. The lowest BCUT2D eigenvalue weighted by atomic mass is 10.3. The number of urea groups is 1. The molecule has 1 rings (SSSR count). The Bertz CT molecular complexity index is 459. The number of amides is 2. The molecule has 0 aliphatic heterocycles. The van der Waals surface area contributed by atoms with Crippen LogP contribution in [-0.4, -0.2) is 48.2 Å². The molecule has 0 fully saturated rings. The molecule has 0 aliphatic rings. The van der Waals surface area contributed by atoms with Crippen molar-refractivity contribution in [1.29, 1.82) is 0 Å². The van der Waals surface area contributed by atoms with Gasteiger partial charge in [-0.1, -0.05) is 0 Å². The summed E-state index contributed by atoms with van der Waals surface area (Å²) in [5.41, 5.74) is 0.115. The molecule has 7 heteroatoms.